The van der Waals surface area contributed by atoms with Crippen LogP contribution in [0.4, 0.5) is 0 Å². The zero-order chi connectivity index (χ0) is 12.0. The summed E-state index contributed by atoms with van der Waals surface area (Å²) in [5.74, 6) is 0. The Bertz CT molecular complexity index is 638. The molecule has 0 spiro atoms. The Morgan fingerprint density at radius 3 is 2.76 bits per heavy atom. The third-order valence-electron chi connectivity index (χ3n) is 3.89. The number of hydrogen-bond acceptors (Lipinski definition) is 2. The maximum Gasteiger partial charge on any atom is 0.251 e. The van der Waals surface area contributed by atoms with Crippen molar-refractivity contribution < 1.29 is 0 Å². The van der Waals surface area contributed by atoms with E-state index in [0.29, 0.717) is 6.54 Å². The standard InChI is InChI=1S/C14H16N2O/c1-9-6-10-7-11(14(8-15)4-5-14)2-3-12(10)16-13(9)17/h2-3,6-7H,4-5,8,15H2,1H3,(H,16,17). The number of aryl methyl sites for hydroxylation is 1. The Morgan fingerprint density at radius 2 is 2.12 bits per heavy atom. The minimum absolute atomic E-state index is 0.00906. The van der Waals surface area contributed by atoms with E-state index in [9.17, 15) is 4.79 Å². The van der Waals surface area contributed by atoms with Crippen LogP contribution in [0.2, 0.25) is 0 Å². The third kappa shape index (κ3) is 1.58. The molecule has 3 heteroatoms. The number of rotatable bonds is 2. The van der Waals surface area contributed by atoms with Crippen LogP contribution in [0.15, 0.2) is 29.1 Å². The van der Waals surface area contributed by atoms with Gasteiger partial charge in [-0.15, -0.1) is 0 Å². The zero-order valence-corrected chi connectivity index (χ0v) is 9.92. The van der Waals surface area contributed by atoms with E-state index in [4.69, 9.17) is 5.73 Å². The van der Waals surface area contributed by atoms with Gasteiger partial charge in [-0.05, 0) is 48.9 Å². The van der Waals surface area contributed by atoms with Crippen LogP contribution in [0.1, 0.15) is 24.0 Å². The lowest BCUT2D eigenvalue weighted by molar-refractivity contribution is 0.706. The van der Waals surface area contributed by atoms with E-state index in [1.807, 2.05) is 19.1 Å². The van der Waals surface area contributed by atoms with Gasteiger partial charge in [0, 0.05) is 23.0 Å². The Hall–Kier alpha value is -1.61. The first-order valence-corrected chi connectivity index (χ1v) is 5.99. The lowest BCUT2D eigenvalue weighted by atomic mass is 9.94. The van der Waals surface area contributed by atoms with Crippen LogP contribution in [-0.4, -0.2) is 11.5 Å². The lowest BCUT2D eigenvalue weighted by Crippen LogP contribution is -2.19. The quantitative estimate of drug-likeness (QED) is 0.823. The minimum atomic E-state index is -0.00906. The van der Waals surface area contributed by atoms with Crippen molar-refractivity contribution in [3.8, 4) is 0 Å². The van der Waals surface area contributed by atoms with Crippen molar-refractivity contribution in [1.29, 1.82) is 0 Å². The van der Waals surface area contributed by atoms with Gasteiger partial charge in [0.15, 0.2) is 0 Å². The number of H-pyrrole nitrogens is 1. The molecule has 0 unspecified atom stereocenters. The smallest absolute Gasteiger partial charge is 0.251 e. The van der Waals surface area contributed by atoms with Crippen LogP contribution in [0.3, 0.4) is 0 Å². The van der Waals surface area contributed by atoms with E-state index < -0.39 is 0 Å². The second kappa shape index (κ2) is 3.44. The molecule has 3 nitrogen and oxygen atoms in total. The highest BCUT2D eigenvalue weighted by Crippen LogP contribution is 2.47. The van der Waals surface area contributed by atoms with Crippen molar-refractivity contribution >= 4 is 10.9 Å². The predicted molar refractivity (Wildman–Crippen MR) is 69.3 cm³/mol. The molecule has 3 N–H and O–H groups in total. The van der Waals surface area contributed by atoms with E-state index >= 15 is 0 Å². The van der Waals surface area contributed by atoms with Gasteiger partial charge in [0.25, 0.3) is 5.56 Å². The summed E-state index contributed by atoms with van der Waals surface area (Å²) in [5.41, 5.74) is 9.00. The molecule has 3 rings (SSSR count). The molecule has 0 saturated heterocycles. The van der Waals surface area contributed by atoms with Gasteiger partial charge in [0.05, 0.1) is 0 Å². The summed E-state index contributed by atoms with van der Waals surface area (Å²) in [4.78, 5) is 14.4. The second-order valence-corrected chi connectivity index (χ2v) is 5.07. The first kappa shape index (κ1) is 10.5. The lowest BCUT2D eigenvalue weighted by Gasteiger charge is -2.13. The molecule has 1 fully saturated rings. The Morgan fingerprint density at radius 1 is 1.35 bits per heavy atom. The van der Waals surface area contributed by atoms with Crippen molar-refractivity contribution in [1.82, 2.24) is 4.98 Å². The summed E-state index contributed by atoms with van der Waals surface area (Å²) in [5, 5.41) is 1.10. The maximum atomic E-state index is 11.5. The highest BCUT2D eigenvalue weighted by atomic mass is 16.1. The van der Waals surface area contributed by atoms with Crippen molar-refractivity contribution in [3.05, 3.63) is 45.7 Å². The molecule has 2 aromatic rings. The largest absolute Gasteiger partial charge is 0.330 e. The fraction of sp³-hybridized carbons (Fsp3) is 0.357. The molecular formula is C14H16N2O. The van der Waals surface area contributed by atoms with Crippen LogP contribution in [0.5, 0.6) is 0 Å². The minimum Gasteiger partial charge on any atom is -0.330 e. The van der Waals surface area contributed by atoms with E-state index in [0.717, 1.165) is 16.5 Å². The Kier molecular flexibility index (Phi) is 2.13. The van der Waals surface area contributed by atoms with Gasteiger partial charge in [0.1, 0.15) is 0 Å². The van der Waals surface area contributed by atoms with Crippen molar-refractivity contribution in [3.63, 3.8) is 0 Å². The van der Waals surface area contributed by atoms with Crippen LogP contribution in [0.25, 0.3) is 10.9 Å². The molecule has 1 aromatic carbocycles. The molecule has 88 valence electrons. The highest BCUT2D eigenvalue weighted by molar-refractivity contribution is 5.80. The number of pyridine rings is 1. The fourth-order valence-corrected chi connectivity index (χ4v) is 2.41. The summed E-state index contributed by atoms with van der Waals surface area (Å²) in [6, 6.07) is 8.19. The average Bonchev–Trinajstić information content (AvgIpc) is 3.11. The normalized spacial score (nSPS) is 17.3. The molecule has 17 heavy (non-hydrogen) atoms. The highest BCUT2D eigenvalue weighted by Gasteiger charge is 2.42. The van der Waals surface area contributed by atoms with Crippen LogP contribution in [-0.2, 0) is 5.41 Å². The number of benzene rings is 1. The van der Waals surface area contributed by atoms with E-state index in [2.05, 4.69) is 17.1 Å². The average molecular weight is 228 g/mol. The Balaban J connectivity index is 2.19. The number of aromatic nitrogens is 1. The van der Waals surface area contributed by atoms with Crippen LogP contribution < -0.4 is 11.3 Å². The zero-order valence-electron chi connectivity index (χ0n) is 9.92. The summed E-state index contributed by atoms with van der Waals surface area (Å²) in [6.07, 6.45) is 2.36. The van der Waals surface area contributed by atoms with Gasteiger partial charge >= 0.3 is 0 Å². The van der Waals surface area contributed by atoms with Crippen LogP contribution >= 0.6 is 0 Å². The Labute approximate surface area is 99.7 Å². The molecule has 1 aliphatic carbocycles. The third-order valence-corrected chi connectivity index (χ3v) is 3.89. The number of aromatic amines is 1. The van der Waals surface area contributed by atoms with Gasteiger partial charge in [-0.2, -0.15) is 0 Å². The maximum absolute atomic E-state index is 11.5. The summed E-state index contributed by atoms with van der Waals surface area (Å²) < 4.78 is 0. The number of nitrogens with one attached hydrogen (secondary N) is 1. The van der Waals surface area contributed by atoms with Crippen LogP contribution in [0, 0.1) is 6.92 Å². The predicted octanol–water partition coefficient (Wildman–Crippen LogP) is 1.83. The van der Waals surface area contributed by atoms with E-state index in [1.165, 1.54) is 18.4 Å². The van der Waals surface area contributed by atoms with E-state index in [1.54, 1.807) is 0 Å². The van der Waals surface area contributed by atoms with Crippen molar-refractivity contribution in [2.24, 2.45) is 5.73 Å². The van der Waals surface area contributed by atoms with Crippen molar-refractivity contribution in [2.75, 3.05) is 6.54 Å². The fourth-order valence-electron chi connectivity index (χ4n) is 2.41. The molecule has 1 aromatic heterocycles. The monoisotopic (exact) mass is 228 g/mol. The molecule has 0 amide bonds. The molecule has 0 bridgehead atoms. The van der Waals surface area contributed by atoms with Gasteiger partial charge in [-0.3, -0.25) is 4.79 Å². The summed E-state index contributed by atoms with van der Waals surface area (Å²) in [6.45, 7) is 2.54. The molecule has 0 aliphatic heterocycles. The van der Waals surface area contributed by atoms with E-state index in [-0.39, 0.29) is 11.0 Å². The molecule has 1 aliphatic rings. The van der Waals surface area contributed by atoms with Gasteiger partial charge < -0.3 is 10.7 Å². The van der Waals surface area contributed by atoms with Gasteiger partial charge in [-0.25, -0.2) is 0 Å². The summed E-state index contributed by atoms with van der Waals surface area (Å²) >= 11 is 0. The molecular weight excluding hydrogens is 212 g/mol. The first-order valence-electron chi connectivity index (χ1n) is 5.99. The first-order chi connectivity index (χ1) is 8.14. The second-order valence-electron chi connectivity index (χ2n) is 5.07. The number of nitrogens with two attached hydrogens (primary N) is 1. The molecule has 0 atom stereocenters. The molecule has 0 radical (unpaired) electrons. The van der Waals surface area contributed by atoms with Gasteiger partial charge in [0.2, 0.25) is 0 Å². The van der Waals surface area contributed by atoms with Gasteiger partial charge in [-0.1, -0.05) is 6.07 Å². The SMILES string of the molecule is Cc1cc2cc(C3(CN)CC3)ccc2[nH]c1=O. The number of hydrogen-bond donors (Lipinski definition) is 2. The molecule has 1 saturated carbocycles. The molecule has 1 heterocycles. The van der Waals surface area contributed by atoms with Crippen molar-refractivity contribution in [2.45, 2.75) is 25.2 Å². The topological polar surface area (TPSA) is 58.9 Å². The summed E-state index contributed by atoms with van der Waals surface area (Å²) in [7, 11) is 0. The number of fused-ring (bicyclic) bond motifs is 1.